The van der Waals surface area contributed by atoms with Crippen LogP contribution in [0.3, 0.4) is 0 Å². The zero-order chi connectivity index (χ0) is 12.5. The maximum atomic E-state index is 9.50. The summed E-state index contributed by atoms with van der Waals surface area (Å²) in [6.45, 7) is 3.82. The van der Waals surface area contributed by atoms with Crippen LogP contribution in [0.1, 0.15) is 13.3 Å². The number of nitrogens with one attached hydrogen (secondary N) is 2. The summed E-state index contributed by atoms with van der Waals surface area (Å²) in [6.07, 6.45) is 4.08. The van der Waals surface area contributed by atoms with Crippen molar-refractivity contribution in [1.29, 1.82) is 0 Å². The van der Waals surface area contributed by atoms with Crippen LogP contribution in [0.4, 0.5) is 11.4 Å². The Morgan fingerprint density at radius 1 is 1.35 bits per heavy atom. The Balaban J connectivity index is 2.42. The number of aliphatic hydroxyl groups is 1. The standard InChI is InChI=1S/C12H21N3O2/c1-3-4-14-10-5-11(7-13-6-10)15-8-12(16)9-17-2/h5-7,12,14-16H,3-4,8-9H2,1-2H3. The number of methoxy groups -OCH3 is 1. The smallest absolute Gasteiger partial charge is 0.0945 e. The number of rotatable bonds is 8. The van der Waals surface area contributed by atoms with E-state index in [1.807, 2.05) is 6.07 Å². The van der Waals surface area contributed by atoms with Gasteiger partial charge in [-0.2, -0.15) is 0 Å². The van der Waals surface area contributed by atoms with Gasteiger partial charge >= 0.3 is 0 Å². The predicted octanol–water partition coefficient (Wildman–Crippen LogP) is 1.32. The number of ether oxygens (including phenoxy) is 1. The molecule has 0 amide bonds. The molecule has 17 heavy (non-hydrogen) atoms. The van der Waals surface area contributed by atoms with Crippen molar-refractivity contribution in [3.05, 3.63) is 18.5 Å². The van der Waals surface area contributed by atoms with Crippen molar-refractivity contribution in [2.75, 3.05) is 37.4 Å². The van der Waals surface area contributed by atoms with E-state index in [-0.39, 0.29) is 0 Å². The second-order valence-electron chi connectivity index (χ2n) is 3.88. The van der Waals surface area contributed by atoms with Crippen LogP contribution >= 0.6 is 0 Å². The molecule has 96 valence electrons. The van der Waals surface area contributed by atoms with Crippen LogP contribution in [0.5, 0.6) is 0 Å². The van der Waals surface area contributed by atoms with Gasteiger partial charge in [0.1, 0.15) is 0 Å². The van der Waals surface area contributed by atoms with Crippen molar-refractivity contribution < 1.29 is 9.84 Å². The zero-order valence-electron chi connectivity index (χ0n) is 10.4. The highest BCUT2D eigenvalue weighted by molar-refractivity contribution is 5.53. The number of nitrogens with zero attached hydrogens (tertiary/aromatic N) is 1. The lowest BCUT2D eigenvalue weighted by Gasteiger charge is -2.12. The van der Waals surface area contributed by atoms with Gasteiger partial charge in [0, 0.05) is 20.2 Å². The van der Waals surface area contributed by atoms with Crippen molar-refractivity contribution >= 4 is 11.4 Å². The summed E-state index contributed by atoms with van der Waals surface area (Å²) in [6, 6.07) is 1.97. The monoisotopic (exact) mass is 239 g/mol. The van der Waals surface area contributed by atoms with Gasteiger partial charge in [-0.25, -0.2) is 0 Å². The number of pyridine rings is 1. The first-order valence-electron chi connectivity index (χ1n) is 5.86. The molecule has 0 aromatic carbocycles. The van der Waals surface area contributed by atoms with Crippen molar-refractivity contribution in [2.24, 2.45) is 0 Å². The van der Waals surface area contributed by atoms with Gasteiger partial charge in [0.05, 0.1) is 36.5 Å². The summed E-state index contributed by atoms with van der Waals surface area (Å²) >= 11 is 0. The second kappa shape index (κ2) is 7.86. The van der Waals surface area contributed by atoms with E-state index in [2.05, 4.69) is 22.5 Å². The average molecular weight is 239 g/mol. The Morgan fingerprint density at radius 3 is 2.71 bits per heavy atom. The van der Waals surface area contributed by atoms with Gasteiger partial charge < -0.3 is 20.5 Å². The summed E-state index contributed by atoms with van der Waals surface area (Å²) in [5.74, 6) is 0. The molecule has 3 N–H and O–H groups in total. The maximum absolute atomic E-state index is 9.50. The molecule has 1 aromatic heterocycles. The number of anilines is 2. The summed E-state index contributed by atoms with van der Waals surface area (Å²) in [5.41, 5.74) is 1.87. The van der Waals surface area contributed by atoms with Crippen LogP contribution in [0.25, 0.3) is 0 Å². The minimum absolute atomic E-state index is 0.328. The number of aromatic nitrogens is 1. The first-order valence-corrected chi connectivity index (χ1v) is 5.86. The molecule has 0 fully saturated rings. The second-order valence-corrected chi connectivity index (χ2v) is 3.88. The first-order chi connectivity index (χ1) is 8.26. The Kier molecular flexibility index (Phi) is 6.35. The third-order valence-electron chi connectivity index (χ3n) is 2.22. The van der Waals surface area contributed by atoms with E-state index >= 15 is 0 Å². The van der Waals surface area contributed by atoms with E-state index in [0.717, 1.165) is 24.3 Å². The third kappa shape index (κ3) is 5.51. The van der Waals surface area contributed by atoms with Gasteiger partial charge in [0.25, 0.3) is 0 Å². The molecule has 0 aliphatic rings. The van der Waals surface area contributed by atoms with E-state index in [1.54, 1.807) is 19.5 Å². The van der Waals surface area contributed by atoms with Crippen LogP contribution in [0.2, 0.25) is 0 Å². The minimum Gasteiger partial charge on any atom is -0.389 e. The first kappa shape index (κ1) is 13.7. The molecule has 1 atom stereocenters. The molecule has 0 bridgehead atoms. The van der Waals surface area contributed by atoms with Gasteiger partial charge in [-0.3, -0.25) is 4.98 Å². The minimum atomic E-state index is -0.507. The summed E-state index contributed by atoms with van der Waals surface area (Å²) < 4.78 is 4.85. The third-order valence-corrected chi connectivity index (χ3v) is 2.22. The van der Waals surface area contributed by atoms with E-state index in [0.29, 0.717) is 13.2 Å². The Morgan fingerprint density at radius 2 is 2.06 bits per heavy atom. The number of hydrogen-bond donors (Lipinski definition) is 3. The van der Waals surface area contributed by atoms with E-state index in [9.17, 15) is 5.11 Å². The SMILES string of the molecule is CCCNc1cncc(NCC(O)COC)c1. The van der Waals surface area contributed by atoms with Crippen molar-refractivity contribution in [3.8, 4) is 0 Å². The fraction of sp³-hybridized carbons (Fsp3) is 0.583. The molecular weight excluding hydrogens is 218 g/mol. The van der Waals surface area contributed by atoms with E-state index in [4.69, 9.17) is 4.74 Å². The molecule has 0 aliphatic carbocycles. The van der Waals surface area contributed by atoms with Crippen molar-refractivity contribution in [1.82, 2.24) is 4.98 Å². The van der Waals surface area contributed by atoms with Gasteiger partial charge in [-0.15, -0.1) is 0 Å². The lowest BCUT2D eigenvalue weighted by Crippen LogP contribution is -2.24. The zero-order valence-corrected chi connectivity index (χ0v) is 10.4. The van der Waals surface area contributed by atoms with Crippen LogP contribution in [-0.2, 0) is 4.74 Å². The molecule has 0 radical (unpaired) electrons. The molecule has 0 spiro atoms. The molecule has 1 heterocycles. The lowest BCUT2D eigenvalue weighted by molar-refractivity contribution is 0.0727. The highest BCUT2D eigenvalue weighted by Gasteiger charge is 2.03. The molecule has 1 rings (SSSR count). The van der Waals surface area contributed by atoms with Crippen LogP contribution in [-0.4, -0.2) is 43.0 Å². The fourth-order valence-corrected chi connectivity index (χ4v) is 1.39. The predicted molar refractivity (Wildman–Crippen MR) is 69.4 cm³/mol. The van der Waals surface area contributed by atoms with Gasteiger partial charge in [-0.05, 0) is 12.5 Å². The number of hydrogen-bond acceptors (Lipinski definition) is 5. The van der Waals surface area contributed by atoms with E-state index < -0.39 is 6.10 Å². The van der Waals surface area contributed by atoms with E-state index in [1.165, 1.54) is 0 Å². The summed E-state index contributed by atoms with van der Waals surface area (Å²) in [7, 11) is 1.57. The largest absolute Gasteiger partial charge is 0.389 e. The lowest BCUT2D eigenvalue weighted by atomic mass is 10.3. The number of aliphatic hydroxyl groups excluding tert-OH is 1. The Bertz CT molecular complexity index is 320. The Labute approximate surface area is 102 Å². The average Bonchev–Trinajstić information content (AvgIpc) is 2.35. The fourth-order valence-electron chi connectivity index (χ4n) is 1.39. The van der Waals surface area contributed by atoms with Crippen molar-refractivity contribution in [3.63, 3.8) is 0 Å². The van der Waals surface area contributed by atoms with Crippen LogP contribution < -0.4 is 10.6 Å². The van der Waals surface area contributed by atoms with Gasteiger partial charge in [0.2, 0.25) is 0 Å². The summed E-state index contributed by atoms with van der Waals surface area (Å²) in [4.78, 5) is 4.12. The van der Waals surface area contributed by atoms with Gasteiger partial charge in [0.15, 0.2) is 0 Å². The molecule has 5 nitrogen and oxygen atoms in total. The maximum Gasteiger partial charge on any atom is 0.0945 e. The normalized spacial score (nSPS) is 12.2. The van der Waals surface area contributed by atoms with Crippen LogP contribution in [0.15, 0.2) is 18.5 Å². The topological polar surface area (TPSA) is 66.4 Å². The molecule has 0 saturated carbocycles. The molecule has 0 saturated heterocycles. The molecule has 5 heteroatoms. The molecule has 1 unspecified atom stereocenters. The quantitative estimate of drug-likeness (QED) is 0.638. The highest BCUT2D eigenvalue weighted by Crippen LogP contribution is 2.12. The van der Waals surface area contributed by atoms with Crippen LogP contribution in [0, 0.1) is 0 Å². The Hall–Kier alpha value is -1.33. The molecule has 0 aliphatic heterocycles. The molecular formula is C12H21N3O2. The van der Waals surface area contributed by atoms with Crippen molar-refractivity contribution in [2.45, 2.75) is 19.4 Å². The van der Waals surface area contributed by atoms with Gasteiger partial charge in [-0.1, -0.05) is 6.92 Å². The molecule has 1 aromatic rings. The highest BCUT2D eigenvalue weighted by atomic mass is 16.5. The summed E-state index contributed by atoms with van der Waals surface area (Å²) in [5, 5.41) is 15.9.